The second-order valence-electron chi connectivity index (χ2n) is 8.17. The molecule has 2 N–H and O–H groups in total. The van der Waals surface area contributed by atoms with E-state index in [1.165, 1.54) is 38.8 Å². The first-order chi connectivity index (χ1) is 8.65. The molecule has 5 rings (SSSR count). The normalized spacial score (nSPS) is 55.3. The van der Waals surface area contributed by atoms with Gasteiger partial charge in [-0.3, -0.25) is 0 Å². The van der Waals surface area contributed by atoms with E-state index in [1.54, 1.807) is 19.3 Å². The first-order valence-electron chi connectivity index (χ1n) is 8.03. The lowest BCUT2D eigenvalue weighted by Gasteiger charge is -2.63. The minimum Gasteiger partial charge on any atom is -0.330 e. The Labute approximate surface area is 111 Å². The predicted octanol–water partition coefficient (Wildman–Crippen LogP) is 2.48. The van der Waals surface area contributed by atoms with Crippen molar-refractivity contribution in [2.45, 2.75) is 44.9 Å². The summed E-state index contributed by atoms with van der Waals surface area (Å²) in [5.41, 5.74) is 7.44. The van der Waals surface area contributed by atoms with Gasteiger partial charge in [0.25, 0.3) is 0 Å². The number of rotatable bonds is 2. The van der Waals surface area contributed by atoms with E-state index in [-0.39, 0.29) is 0 Å². The van der Waals surface area contributed by atoms with Crippen LogP contribution in [0.4, 0.5) is 0 Å². The fourth-order valence-corrected chi connectivity index (χ4v) is 6.66. The molecule has 1 unspecified atom stereocenters. The molecular formula is C16H28N2. The molecule has 2 nitrogen and oxygen atoms in total. The molecular weight excluding hydrogens is 220 g/mol. The first kappa shape index (κ1) is 11.7. The molecule has 1 aliphatic heterocycles. The van der Waals surface area contributed by atoms with Crippen molar-refractivity contribution in [3.8, 4) is 0 Å². The van der Waals surface area contributed by atoms with Crippen LogP contribution in [0.15, 0.2) is 0 Å². The van der Waals surface area contributed by atoms with Crippen molar-refractivity contribution in [2.75, 3.05) is 26.7 Å². The van der Waals surface area contributed by atoms with Crippen LogP contribution in [-0.4, -0.2) is 31.6 Å². The van der Waals surface area contributed by atoms with Crippen molar-refractivity contribution in [3.05, 3.63) is 0 Å². The Bertz CT molecular complexity index is 316. The van der Waals surface area contributed by atoms with Crippen molar-refractivity contribution in [3.63, 3.8) is 0 Å². The van der Waals surface area contributed by atoms with Crippen LogP contribution in [0.2, 0.25) is 0 Å². The van der Waals surface area contributed by atoms with Gasteiger partial charge in [-0.05, 0) is 88.3 Å². The van der Waals surface area contributed by atoms with Crippen LogP contribution in [0, 0.1) is 28.6 Å². The van der Waals surface area contributed by atoms with Crippen molar-refractivity contribution in [1.82, 2.24) is 4.90 Å². The van der Waals surface area contributed by atoms with Crippen LogP contribution in [0.1, 0.15) is 44.9 Å². The average Bonchev–Trinajstić information content (AvgIpc) is 2.71. The molecule has 1 atom stereocenters. The lowest BCUT2D eigenvalue weighted by atomic mass is 9.42. The molecule has 4 bridgehead atoms. The summed E-state index contributed by atoms with van der Waals surface area (Å²) in [7, 11) is 2.29. The summed E-state index contributed by atoms with van der Waals surface area (Å²) in [5.74, 6) is 3.18. The maximum atomic E-state index is 6.33. The average molecular weight is 248 g/mol. The van der Waals surface area contributed by atoms with Gasteiger partial charge in [-0.2, -0.15) is 0 Å². The van der Waals surface area contributed by atoms with E-state index in [0.717, 1.165) is 24.3 Å². The Morgan fingerprint density at radius 3 is 2.00 bits per heavy atom. The highest BCUT2D eigenvalue weighted by atomic mass is 15.1. The molecule has 102 valence electrons. The van der Waals surface area contributed by atoms with Crippen molar-refractivity contribution in [2.24, 2.45) is 34.3 Å². The highest BCUT2D eigenvalue weighted by Crippen LogP contribution is 2.67. The van der Waals surface area contributed by atoms with Gasteiger partial charge in [0.1, 0.15) is 0 Å². The summed E-state index contributed by atoms with van der Waals surface area (Å²) in [5, 5.41) is 0. The fourth-order valence-electron chi connectivity index (χ4n) is 6.66. The SMILES string of the molecule is CN1CCC(CN)(C23CC4CC(CC(C4)C2)C3)C1. The molecule has 0 aromatic heterocycles. The zero-order chi connectivity index (χ0) is 12.4. The molecule has 0 aromatic rings. The molecule has 1 heterocycles. The van der Waals surface area contributed by atoms with Crippen molar-refractivity contribution < 1.29 is 0 Å². The Balaban J connectivity index is 1.70. The molecule has 0 aromatic carbocycles. The molecule has 5 fully saturated rings. The highest BCUT2D eigenvalue weighted by molar-refractivity contribution is 5.12. The van der Waals surface area contributed by atoms with Gasteiger partial charge in [-0.25, -0.2) is 0 Å². The van der Waals surface area contributed by atoms with E-state index in [4.69, 9.17) is 5.73 Å². The quantitative estimate of drug-likeness (QED) is 0.813. The number of hydrogen-bond acceptors (Lipinski definition) is 2. The first-order valence-corrected chi connectivity index (χ1v) is 8.03. The van der Waals surface area contributed by atoms with E-state index in [0.29, 0.717) is 10.8 Å². The van der Waals surface area contributed by atoms with Crippen molar-refractivity contribution >= 4 is 0 Å². The molecule has 18 heavy (non-hydrogen) atoms. The molecule has 0 radical (unpaired) electrons. The summed E-state index contributed by atoms with van der Waals surface area (Å²) in [6.07, 6.45) is 10.6. The molecule has 5 aliphatic rings. The number of nitrogens with zero attached hydrogens (tertiary/aromatic N) is 1. The number of hydrogen-bond donors (Lipinski definition) is 1. The van der Waals surface area contributed by atoms with E-state index in [1.807, 2.05) is 0 Å². The topological polar surface area (TPSA) is 29.3 Å². The van der Waals surface area contributed by atoms with Gasteiger partial charge in [0, 0.05) is 12.0 Å². The summed E-state index contributed by atoms with van der Waals surface area (Å²) in [6, 6.07) is 0. The zero-order valence-electron chi connectivity index (χ0n) is 11.8. The van der Waals surface area contributed by atoms with Gasteiger partial charge in [0.05, 0.1) is 0 Å². The van der Waals surface area contributed by atoms with Gasteiger partial charge in [0.15, 0.2) is 0 Å². The van der Waals surface area contributed by atoms with Crippen LogP contribution in [0.5, 0.6) is 0 Å². The zero-order valence-corrected chi connectivity index (χ0v) is 11.8. The van der Waals surface area contributed by atoms with Crippen molar-refractivity contribution in [1.29, 1.82) is 0 Å². The Morgan fingerprint density at radius 1 is 1.06 bits per heavy atom. The third-order valence-corrected chi connectivity index (χ3v) is 7.10. The molecule has 1 saturated heterocycles. The monoisotopic (exact) mass is 248 g/mol. The highest BCUT2D eigenvalue weighted by Gasteiger charge is 2.60. The van der Waals surface area contributed by atoms with E-state index < -0.39 is 0 Å². The van der Waals surface area contributed by atoms with Crippen LogP contribution >= 0.6 is 0 Å². The smallest absolute Gasteiger partial charge is 0.00528 e. The van der Waals surface area contributed by atoms with E-state index in [9.17, 15) is 0 Å². The van der Waals surface area contributed by atoms with Gasteiger partial charge in [-0.15, -0.1) is 0 Å². The summed E-state index contributed by atoms with van der Waals surface area (Å²) in [4.78, 5) is 2.53. The second kappa shape index (κ2) is 3.73. The molecule has 0 amide bonds. The third kappa shape index (κ3) is 1.42. The summed E-state index contributed by atoms with van der Waals surface area (Å²) in [6.45, 7) is 3.48. The summed E-state index contributed by atoms with van der Waals surface area (Å²) >= 11 is 0. The predicted molar refractivity (Wildman–Crippen MR) is 74.2 cm³/mol. The standard InChI is InChI=1S/C16H28N2/c1-18-3-2-15(10-17,11-18)16-7-12-4-13(8-16)6-14(5-12)9-16/h12-14H,2-11,17H2,1H3. The van der Waals surface area contributed by atoms with Crippen LogP contribution in [0.25, 0.3) is 0 Å². The fraction of sp³-hybridized carbons (Fsp3) is 1.00. The molecule has 4 aliphatic carbocycles. The van der Waals surface area contributed by atoms with Crippen LogP contribution < -0.4 is 5.73 Å². The Kier molecular flexibility index (Phi) is 2.43. The minimum absolute atomic E-state index is 0.470. The molecule has 4 saturated carbocycles. The third-order valence-electron chi connectivity index (χ3n) is 7.10. The largest absolute Gasteiger partial charge is 0.330 e. The summed E-state index contributed by atoms with van der Waals surface area (Å²) < 4.78 is 0. The maximum Gasteiger partial charge on any atom is 0.00528 e. The Morgan fingerprint density at radius 2 is 1.61 bits per heavy atom. The van der Waals surface area contributed by atoms with Gasteiger partial charge in [-0.1, -0.05) is 0 Å². The van der Waals surface area contributed by atoms with Gasteiger partial charge in [0.2, 0.25) is 0 Å². The van der Waals surface area contributed by atoms with Gasteiger partial charge >= 0.3 is 0 Å². The number of likely N-dealkylation sites (tertiary alicyclic amines) is 1. The minimum atomic E-state index is 0.470. The maximum absolute atomic E-state index is 6.33. The molecule has 0 spiro atoms. The van der Waals surface area contributed by atoms with E-state index in [2.05, 4.69) is 11.9 Å². The van der Waals surface area contributed by atoms with Crippen LogP contribution in [0.3, 0.4) is 0 Å². The Hall–Kier alpha value is -0.0800. The van der Waals surface area contributed by atoms with E-state index >= 15 is 0 Å². The second-order valence-corrected chi connectivity index (χ2v) is 8.17. The van der Waals surface area contributed by atoms with Gasteiger partial charge < -0.3 is 10.6 Å². The lowest BCUT2D eigenvalue weighted by molar-refractivity contribution is -0.124. The molecule has 2 heteroatoms. The number of nitrogens with two attached hydrogens (primary N) is 1. The van der Waals surface area contributed by atoms with Crippen LogP contribution in [-0.2, 0) is 0 Å². The lowest BCUT2D eigenvalue weighted by Crippen LogP contribution is -2.57.